The number of hydrogen-bond donors (Lipinski definition) is 1. The van der Waals surface area contributed by atoms with Crippen LogP contribution in [0.3, 0.4) is 0 Å². The lowest BCUT2D eigenvalue weighted by atomic mass is 10.1. The van der Waals surface area contributed by atoms with Crippen LogP contribution in [0.2, 0.25) is 0 Å². The van der Waals surface area contributed by atoms with Crippen molar-refractivity contribution in [2.45, 2.75) is 6.42 Å². The Morgan fingerprint density at radius 1 is 1.05 bits per heavy atom. The summed E-state index contributed by atoms with van der Waals surface area (Å²) in [5, 5.41) is 9.64. The van der Waals surface area contributed by atoms with Crippen LogP contribution in [0.5, 0.6) is 5.75 Å². The van der Waals surface area contributed by atoms with Crippen molar-refractivity contribution in [2.24, 2.45) is 0 Å². The van der Waals surface area contributed by atoms with Gasteiger partial charge in [-0.05, 0) is 6.07 Å². The number of carbonyl (C=O) groups excluding carboxylic acids is 3. The van der Waals surface area contributed by atoms with Crippen LogP contribution in [-0.2, 0) is 30.3 Å². The van der Waals surface area contributed by atoms with E-state index in [1.54, 1.807) is 18.2 Å². The minimum Gasteiger partial charge on any atom is -0.508 e. The van der Waals surface area contributed by atoms with Crippen LogP contribution < -0.4 is 0 Å². The monoisotopic (exact) mass is 295 g/mol. The summed E-state index contributed by atoms with van der Waals surface area (Å²) >= 11 is 0. The van der Waals surface area contributed by atoms with E-state index < -0.39 is 17.8 Å². The number of phenols is 1. The zero-order valence-electron chi connectivity index (χ0n) is 11.9. The van der Waals surface area contributed by atoms with Crippen molar-refractivity contribution in [1.29, 1.82) is 0 Å². The molecular weight excluding hydrogens is 278 g/mol. The highest BCUT2D eigenvalue weighted by molar-refractivity contribution is 5.87. The molecule has 0 heterocycles. The minimum atomic E-state index is -0.649. The molecule has 21 heavy (non-hydrogen) atoms. The Bertz CT molecular complexity index is 510. The molecule has 0 aliphatic rings. The topological polar surface area (TPSA) is 93.1 Å². The van der Waals surface area contributed by atoms with Crippen molar-refractivity contribution in [3.05, 3.63) is 29.8 Å². The van der Waals surface area contributed by atoms with Crippen LogP contribution in [0.4, 0.5) is 0 Å². The van der Waals surface area contributed by atoms with Gasteiger partial charge in [-0.15, -0.1) is 0 Å². The highest BCUT2D eigenvalue weighted by Crippen LogP contribution is 2.16. The van der Waals surface area contributed by atoms with Gasteiger partial charge in [0.25, 0.3) is 0 Å². The van der Waals surface area contributed by atoms with E-state index in [4.69, 9.17) is 0 Å². The van der Waals surface area contributed by atoms with Crippen LogP contribution in [0.15, 0.2) is 24.3 Å². The average molecular weight is 295 g/mol. The van der Waals surface area contributed by atoms with Crippen molar-refractivity contribution >= 4 is 17.8 Å². The molecule has 1 aromatic rings. The summed E-state index contributed by atoms with van der Waals surface area (Å²) in [6, 6.07) is 6.34. The molecule has 0 spiro atoms. The van der Waals surface area contributed by atoms with Crippen LogP contribution in [0, 0.1) is 0 Å². The summed E-state index contributed by atoms with van der Waals surface area (Å²) in [7, 11) is 2.37. The zero-order valence-corrected chi connectivity index (χ0v) is 11.9. The van der Waals surface area contributed by atoms with Crippen LogP contribution >= 0.6 is 0 Å². The largest absolute Gasteiger partial charge is 0.508 e. The lowest BCUT2D eigenvalue weighted by molar-refractivity contribution is -0.151. The summed E-state index contributed by atoms with van der Waals surface area (Å²) in [5.74, 6) is -1.82. The number of ether oxygens (including phenoxy) is 2. The second kappa shape index (κ2) is 7.88. The molecule has 1 aromatic carbocycles. The van der Waals surface area contributed by atoms with Gasteiger partial charge in [0.1, 0.15) is 18.8 Å². The Balaban J connectivity index is 2.81. The molecule has 0 saturated heterocycles. The molecule has 0 atom stereocenters. The number of rotatable bonds is 6. The highest BCUT2D eigenvalue weighted by atomic mass is 16.5. The summed E-state index contributed by atoms with van der Waals surface area (Å²) in [6.07, 6.45) is -0.138. The van der Waals surface area contributed by atoms with E-state index in [1.165, 1.54) is 20.3 Å². The quantitative estimate of drug-likeness (QED) is 0.749. The highest BCUT2D eigenvalue weighted by Gasteiger charge is 2.21. The van der Waals surface area contributed by atoms with E-state index in [1.807, 2.05) is 0 Å². The number of carbonyl (C=O) groups is 3. The van der Waals surface area contributed by atoms with Crippen molar-refractivity contribution in [3.8, 4) is 5.75 Å². The van der Waals surface area contributed by atoms with Crippen molar-refractivity contribution < 1.29 is 29.0 Å². The van der Waals surface area contributed by atoms with Gasteiger partial charge in [-0.1, -0.05) is 18.2 Å². The Hall–Kier alpha value is -2.57. The third kappa shape index (κ3) is 5.13. The SMILES string of the molecule is COC(=O)CN(CC(=O)OC)C(=O)Cc1ccccc1O. The van der Waals surface area contributed by atoms with Crippen LogP contribution in [0.25, 0.3) is 0 Å². The second-order valence-electron chi connectivity index (χ2n) is 4.21. The number of aromatic hydroxyl groups is 1. The molecule has 0 saturated carbocycles. The lowest BCUT2D eigenvalue weighted by Crippen LogP contribution is -2.41. The predicted molar refractivity (Wildman–Crippen MR) is 72.4 cm³/mol. The molecule has 0 aliphatic heterocycles. The minimum absolute atomic E-state index is 0.0260. The predicted octanol–water partition coefficient (Wildman–Crippen LogP) is 0.109. The normalized spacial score (nSPS) is 9.81. The van der Waals surface area contributed by atoms with Gasteiger partial charge in [-0.2, -0.15) is 0 Å². The van der Waals surface area contributed by atoms with Crippen molar-refractivity contribution in [3.63, 3.8) is 0 Å². The van der Waals surface area contributed by atoms with E-state index in [0.29, 0.717) is 5.56 Å². The van der Waals surface area contributed by atoms with Gasteiger partial charge in [0.2, 0.25) is 5.91 Å². The summed E-state index contributed by atoms with van der Waals surface area (Å²) in [5.41, 5.74) is 0.405. The van der Waals surface area contributed by atoms with E-state index in [-0.39, 0.29) is 25.3 Å². The average Bonchev–Trinajstić information content (AvgIpc) is 2.48. The molecule has 114 valence electrons. The number of amides is 1. The first-order valence-electron chi connectivity index (χ1n) is 6.16. The van der Waals surface area contributed by atoms with E-state index in [9.17, 15) is 19.5 Å². The molecular formula is C14H17NO6. The van der Waals surface area contributed by atoms with E-state index in [0.717, 1.165) is 4.90 Å². The Kier molecular flexibility index (Phi) is 6.19. The number of benzene rings is 1. The Morgan fingerprint density at radius 3 is 2.05 bits per heavy atom. The molecule has 0 aromatic heterocycles. The first kappa shape index (κ1) is 16.5. The first-order chi connectivity index (χ1) is 9.97. The molecule has 0 fully saturated rings. The third-order valence-electron chi connectivity index (χ3n) is 2.78. The number of methoxy groups -OCH3 is 2. The summed E-state index contributed by atoms with van der Waals surface area (Å²) in [6.45, 7) is -0.726. The van der Waals surface area contributed by atoms with Gasteiger partial charge in [-0.25, -0.2) is 0 Å². The summed E-state index contributed by atoms with van der Waals surface area (Å²) < 4.78 is 8.97. The van der Waals surface area contributed by atoms with Crippen LogP contribution in [-0.4, -0.2) is 55.2 Å². The van der Waals surface area contributed by atoms with Gasteiger partial charge in [0.15, 0.2) is 0 Å². The molecule has 0 bridgehead atoms. The fraction of sp³-hybridized carbons (Fsp3) is 0.357. The lowest BCUT2D eigenvalue weighted by Gasteiger charge is -2.20. The number of esters is 2. The van der Waals surface area contributed by atoms with E-state index >= 15 is 0 Å². The molecule has 7 heteroatoms. The number of para-hydroxylation sites is 1. The standard InChI is InChI=1S/C14H17NO6/c1-20-13(18)8-15(9-14(19)21-2)12(17)7-10-5-3-4-6-11(10)16/h3-6,16H,7-9H2,1-2H3. The molecule has 1 amide bonds. The zero-order chi connectivity index (χ0) is 15.8. The third-order valence-corrected chi connectivity index (χ3v) is 2.78. The van der Waals surface area contributed by atoms with Crippen molar-refractivity contribution in [2.75, 3.05) is 27.3 Å². The Labute approximate surface area is 122 Å². The fourth-order valence-corrected chi connectivity index (χ4v) is 1.61. The summed E-state index contributed by atoms with van der Waals surface area (Å²) in [4.78, 5) is 35.8. The molecule has 7 nitrogen and oxygen atoms in total. The molecule has 0 aliphatic carbocycles. The second-order valence-corrected chi connectivity index (χ2v) is 4.21. The van der Waals surface area contributed by atoms with Crippen molar-refractivity contribution in [1.82, 2.24) is 4.90 Å². The van der Waals surface area contributed by atoms with Gasteiger partial charge in [0, 0.05) is 5.56 Å². The molecule has 1 N–H and O–H groups in total. The maximum Gasteiger partial charge on any atom is 0.325 e. The maximum absolute atomic E-state index is 12.2. The Morgan fingerprint density at radius 2 is 1.57 bits per heavy atom. The molecule has 0 unspecified atom stereocenters. The number of phenolic OH excluding ortho intramolecular Hbond substituents is 1. The molecule has 1 rings (SSSR count). The van der Waals surface area contributed by atoms with E-state index in [2.05, 4.69) is 9.47 Å². The first-order valence-corrected chi connectivity index (χ1v) is 6.16. The number of nitrogens with zero attached hydrogens (tertiary/aromatic N) is 1. The van der Waals surface area contributed by atoms with Gasteiger partial charge in [0.05, 0.1) is 20.6 Å². The van der Waals surface area contributed by atoms with Gasteiger partial charge in [-0.3, -0.25) is 14.4 Å². The smallest absolute Gasteiger partial charge is 0.325 e. The maximum atomic E-state index is 12.2. The van der Waals surface area contributed by atoms with Gasteiger partial charge >= 0.3 is 11.9 Å². The molecule has 0 radical (unpaired) electrons. The number of hydrogen-bond acceptors (Lipinski definition) is 6. The van der Waals surface area contributed by atoms with Crippen LogP contribution in [0.1, 0.15) is 5.56 Å². The van der Waals surface area contributed by atoms with Gasteiger partial charge < -0.3 is 19.5 Å². The fourth-order valence-electron chi connectivity index (χ4n) is 1.61.